The summed E-state index contributed by atoms with van der Waals surface area (Å²) in [7, 11) is 0. The van der Waals surface area contributed by atoms with Crippen LogP contribution in [0.3, 0.4) is 0 Å². The van der Waals surface area contributed by atoms with Crippen molar-refractivity contribution in [2.45, 2.75) is 19.3 Å². The highest BCUT2D eigenvalue weighted by Gasteiger charge is 2.15. The quantitative estimate of drug-likeness (QED) is 0.878. The molecule has 0 spiro atoms. The molecule has 1 unspecified atom stereocenters. The molecule has 0 radical (unpaired) electrons. The maximum absolute atomic E-state index is 12.1. The molecule has 2 N–H and O–H groups in total. The van der Waals surface area contributed by atoms with E-state index < -0.39 is 0 Å². The van der Waals surface area contributed by atoms with Crippen LogP contribution in [0.15, 0.2) is 24.0 Å². The molecular weight excluding hydrogens is 298 g/mol. The largest absolute Gasteiger partial charge is 0.351 e. The third-order valence-electron chi connectivity index (χ3n) is 3.76. The average molecular weight is 317 g/mol. The highest BCUT2D eigenvalue weighted by atomic mass is 32.1. The monoisotopic (exact) mass is 317 g/mol. The van der Waals surface area contributed by atoms with Crippen molar-refractivity contribution in [2.75, 3.05) is 19.6 Å². The van der Waals surface area contributed by atoms with Crippen LogP contribution in [0.4, 0.5) is 0 Å². The van der Waals surface area contributed by atoms with Gasteiger partial charge in [0.1, 0.15) is 16.4 Å². The summed E-state index contributed by atoms with van der Waals surface area (Å²) in [6, 6.07) is 0. The van der Waals surface area contributed by atoms with Crippen molar-refractivity contribution in [1.29, 1.82) is 0 Å². The number of hydrogen-bond acceptors (Lipinski definition) is 6. The van der Waals surface area contributed by atoms with Gasteiger partial charge in [-0.05, 0) is 38.3 Å². The lowest BCUT2D eigenvalue weighted by Gasteiger charge is -2.22. The highest BCUT2D eigenvalue weighted by Crippen LogP contribution is 2.20. The molecule has 2 aromatic heterocycles. The SMILES string of the molecule is O=C(NCCC1CCCNC1)c1csc(-c2cnccn2)n1. The van der Waals surface area contributed by atoms with Crippen LogP contribution in [0, 0.1) is 5.92 Å². The fourth-order valence-corrected chi connectivity index (χ4v) is 3.32. The smallest absolute Gasteiger partial charge is 0.270 e. The Balaban J connectivity index is 1.51. The summed E-state index contributed by atoms with van der Waals surface area (Å²) in [6.07, 6.45) is 8.37. The molecule has 22 heavy (non-hydrogen) atoms. The van der Waals surface area contributed by atoms with Gasteiger partial charge < -0.3 is 10.6 Å². The van der Waals surface area contributed by atoms with Crippen LogP contribution in [-0.2, 0) is 0 Å². The third-order valence-corrected chi connectivity index (χ3v) is 4.62. The van der Waals surface area contributed by atoms with E-state index in [4.69, 9.17) is 0 Å². The van der Waals surface area contributed by atoms with E-state index in [2.05, 4.69) is 25.6 Å². The average Bonchev–Trinajstić information content (AvgIpc) is 3.07. The van der Waals surface area contributed by atoms with Crippen LogP contribution in [0.25, 0.3) is 10.7 Å². The van der Waals surface area contributed by atoms with E-state index in [0.29, 0.717) is 23.9 Å². The van der Waals surface area contributed by atoms with Gasteiger partial charge >= 0.3 is 0 Å². The van der Waals surface area contributed by atoms with E-state index in [-0.39, 0.29) is 5.91 Å². The van der Waals surface area contributed by atoms with Gasteiger partial charge in [-0.2, -0.15) is 0 Å². The summed E-state index contributed by atoms with van der Waals surface area (Å²) >= 11 is 1.41. The van der Waals surface area contributed by atoms with E-state index in [0.717, 1.165) is 24.5 Å². The standard InChI is InChI=1S/C15H19N5OS/c21-14(19-5-3-11-2-1-4-16-8-11)13-10-22-15(20-13)12-9-17-6-7-18-12/h6-7,9-11,16H,1-5,8H2,(H,19,21). The maximum Gasteiger partial charge on any atom is 0.270 e. The molecule has 0 bridgehead atoms. The first-order valence-corrected chi connectivity index (χ1v) is 8.42. The van der Waals surface area contributed by atoms with Crippen molar-refractivity contribution in [2.24, 2.45) is 5.92 Å². The topological polar surface area (TPSA) is 79.8 Å². The maximum atomic E-state index is 12.1. The zero-order valence-electron chi connectivity index (χ0n) is 12.3. The van der Waals surface area contributed by atoms with Gasteiger partial charge in [0.2, 0.25) is 0 Å². The number of nitrogens with zero attached hydrogens (tertiary/aromatic N) is 3. The Kier molecular flexibility index (Phi) is 5.07. The van der Waals surface area contributed by atoms with Gasteiger partial charge in [-0.25, -0.2) is 4.98 Å². The highest BCUT2D eigenvalue weighted by molar-refractivity contribution is 7.13. The summed E-state index contributed by atoms with van der Waals surface area (Å²) in [5.74, 6) is 0.551. The van der Waals surface area contributed by atoms with Gasteiger partial charge in [0, 0.05) is 24.3 Å². The molecule has 6 nitrogen and oxygen atoms in total. The minimum absolute atomic E-state index is 0.116. The Morgan fingerprint density at radius 3 is 3.18 bits per heavy atom. The minimum Gasteiger partial charge on any atom is -0.351 e. The number of rotatable bonds is 5. The second-order valence-corrected chi connectivity index (χ2v) is 6.24. The molecule has 0 aliphatic carbocycles. The van der Waals surface area contributed by atoms with Crippen LogP contribution >= 0.6 is 11.3 Å². The molecule has 1 fully saturated rings. The molecule has 1 saturated heterocycles. The molecule has 1 aliphatic heterocycles. The lowest BCUT2D eigenvalue weighted by atomic mass is 9.96. The van der Waals surface area contributed by atoms with Crippen LogP contribution in [-0.4, -0.2) is 40.5 Å². The molecule has 7 heteroatoms. The number of piperidine rings is 1. The van der Waals surface area contributed by atoms with E-state index >= 15 is 0 Å². The Hall–Kier alpha value is -1.86. The lowest BCUT2D eigenvalue weighted by molar-refractivity contribution is 0.0946. The molecule has 3 heterocycles. The Morgan fingerprint density at radius 2 is 2.41 bits per heavy atom. The predicted molar refractivity (Wildman–Crippen MR) is 85.7 cm³/mol. The molecule has 0 aromatic carbocycles. The van der Waals surface area contributed by atoms with Gasteiger partial charge in [-0.15, -0.1) is 11.3 Å². The van der Waals surface area contributed by atoms with Crippen molar-refractivity contribution < 1.29 is 4.79 Å². The molecule has 116 valence electrons. The van der Waals surface area contributed by atoms with E-state index in [1.165, 1.54) is 24.2 Å². The number of thiazole rings is 1. The van der Waals surface area contributed by atoms with Crippen LogP contribution in [0.1, 0.15) is 29.8 Å². The number of hydrogen-bond donors (Lipinski definition) is 2. The number of carbonyl (C=O) groups is 1. The molecule has 3 rings (SSSR count). The van der Waals surface area contributed by atoms with Gasteiger partial charge in [-0.3, -0.25) is 14.8 Å². The Morgan fingerprint density at radius 1 is 1.45 bits per heavy atom. The first kappa shape index (κ1) is 15.1. The number of amides is 1. The Bertz CT molecular complexity index is 609. The zero-order valence-corrected chi connectivity index (χ0v) is 13.1. The van der Waals surface area contributed by atoms with Crippen molar-refractivity contribution in [1.82, 2.24) is 25.6 Å². The van der Waals surface area contributed by atoms with Crippen LogP contribution in [0.5, 0.6) is 0 Å². The first-order chi connectivity index (χ1) is 10.8. The van der Waals surface area contributed by atoms with Crippen molar-refractivity contribution in [3.8, 4) is 10.7 Å². The van der Waals surface area contributed by atoms with Gasteiger partial charge in [0.05, 0.1) is 6.20 Å². The summed E-state index contributed by atoms with van der Waals surface area (Å²) in [4.78, 5) is 24.7. The van der Waals surface area contributed by atoms with Crippen LogP contribution in [0.2, 0.25) is 0 Å². The second-order valence-electron chi connectivity index (χ2n) is 5.39. The van der Waals surface area contributed by atoms with E-state index in [9.17, 15) is 4.79 Å². The van der Waals surface area contributed by atoms with E-state index in [1.807, 2.05) is 0 Å². The molecule has 2 aromatic rings. The molecule has 1 amide bonds. The lowest BCUT2D eigenvalue weighted by Crippen LogP contribution is -2.33. The summed E-state index contributed by atoms with van der Waals surface area (Å²) in [6.45, 7) is 2.87. The zero-order chi connectivity index (χ0) is 15.2. The first-order valence-electron chi connectivity index (χ1n) is 7.54. The minimum atomic E-state index is -0.116. The Labute approximate surface area is 133 Å². The number of nitrogens with one attached hydrogen (secondary N) is 2. The van der Waals surface area contributed by atoms with Crippen LogP contribution < -0.4 is 10.6 Å². The van der Waals surface area contributed by atoms with E-state index in [1.54, 1.807) is 24.0 Å². The summed E-state index contributed by atoms with van der Waals surface area (Å²) in [5.41, 5.74) is 1.15. The van der Waals surface area contributed by atoms with Crippen molar-refractivity contribution >= 4 is 17.2 Å². The van der Waals surface area contributed by atoms with Crippen molar-refractivity contribution in [3.63, 3.8) is 0 Å². The molecule has 1 aliphatic rings. The fourth-order valence-electron chi connectivity index (χ4n) is 2.56. The van der Waals surface area contributed by atoms with Gasteiger partial charge in [0.25, 0.3) is 5.91 Å². The fraction of sp³-hybridized carbons (Fsp3) is 0.467. The number of carbonyl (C=O) groups excluding carboxylic acids is 1. The van der Waals surface area contributed by atoms with Gasteiger partial charge in [-0.1, -0.05) is 0 Å². The molecule has 0 saturated carbocycles. The number of aromatic nitrogens is 3. The second kappa shape index (κ2) is 7.42. The predicted octanol–water partition coefficient (Wildman–Crippen LogP) is 1.72. The summed E-state index contributed by atoms with van der Waals surface area (Å²) < 4.78 is 0. The third kappa shape index (κ3) is 3.86. The normalized spacial score (nSPS) is 18.1. The van der Waals surface area contributed by atoms with Crippen molar-refractivity contribution in [3.05, 3.63) is 29.7 Å². The molecule has 1 atom stereocenters. The molecular formula is C15H19N5OS. The summed E-state index contributed by atoms with van der Waals surface area (Å²) in [5, 5.41) is 8.83. The van der Waals surface area contributed by atoms with Gasteiger partial charge in [0.15, 0.2) is 0 Å².